The average molecular weight is 351 g/mol. The molecule has 0 saturated heterocycles. The molecule has 2 atom stereocenters. The highest BCUT2D eigenvalue weighted by Gasteiger charge is 2.17. The number of aliphatic hydroxyl groups excluding tert-OH is 1. The highest BCUT2D eigenvalue weighted by molar-refractivity contribution is 5.18. The Morgan fingerprint density at radius 3 is 2.76 bits per heavy atom. The van der Waals surface area contributed by atoms with E-state index in [1.165, 1.54) is 11.0 Å². The van der Waals surface area contributed by atoms with Crippen molar-refractivity contribution in [3.05, 3.63) is 59.7 Å². The molecule has 0 fully saturated rings. The zero-order chi connectivity index (χ0) is 18.1. The van der Waals surface area contributed by atoms with Crippen molar-refractivity contribution in [3.8, 4) is 0 Å². The molecule has 0 amide bonds. The minimum absolute atomic E-state index is 0.221. The SMILES string of the molecule is COCC[NH+](Cc1cccn1Cc1cccc(F)c1)C[C@H](O)COC. The minimum atomic E-state index is -0.511. The summed E-state index contributed by atoms with van der Waals surface area (Å²) in [5, 5.41) is 10.0. The zero-order valence-electron chi connectivity index (χ0n) is 15.0. The molecule has 138 valence electrons. The van der Waals surface area contributed by atoms with Crippen molar-refractivity contribution in [1.82, 2.24) is 4.57 Å². The quantitative estimate of drug-likeness (QED) is 0.627. The molecule has 5 nitrogen and oxygen atoms in total. The molecule has 2 N–H and O–H groups in total. The summed E-state index contributed by atoms with van der Waals surface area (Å²) in [6.45, 7) is 3.70. The van der Waals surface area contributed by atoms with Gasteiger partial charge in [0.2, 0.25) is 0 Å². The van der Waals surface area contributed by atoms with Gasteiger partial charge in [-0.25, -0.2) is 4.39 Å². The third-order valence-corrected chi connectivity index (χ3v) is 4.14. The van der Waals surface area contributed by atoms with Gasteiger partial charge >= 0.3 is 0 Å². The monoisotopic (exact) mass is 351 g/mol. The summed E-state index contributed by atoms with van der Waals surface area (Å²) in [4.78, 5) is 1.21. The van der Waals surface area contributed by atoms with Gasteiger partial charge in [-0.2, -0.15) is 0 Å². The lowest BCUT2D eigenvalue weighted by atomic mass is 10.2. The van der Waals surface area contributed by atoms with Crippen molar-refractivity contribution in [3.63, 3.8) is 0 Å². The van der Waals surface area contributed by atoms with Crippen molar-refractivity contribution in [1.29, 1.82) is 0 Å². The highest BCUT2D eigenvalue weighted by atomic mass is 19.1. The first kappa shape index (κ1) is 19.6. The van der Waals surface area contributed by atoms with Crippen LogP contribution in [-0.2, 0) is 22.6 Å². The van der Waals surface area contributed by atoms with Gasteiger partial charge in [-0.05, 0) is 29.8 Å². The fourth-order valence-corrected chi connectivity index (χ4v) is 2.95. The number of ether oxygens (including phenoxy) is 2. The van der Waals surface area contributed by atoms with Gasteiger partial charge in [0.25, 0.3) is 0 Å². The molecular weight excluding hydrogens is 323 g/mol. The first-order valence-electron chi connectivity index (χ1n) is 8.50. The summed E-state index contributed by atoms with van der Waals surface area (Å²) < 4.78 is 25.7. The van der Waals surface area contributed by atoms with Crippen molar-refractivity contribution >= 4 is 0 Å². The first-order chi connectivity index (χ1) is 12.1. The van der Waals surface area contributed by atoms with Crippen LogP contribution in [0.5, 0.6) is 0 Å². The second-order valence-corrected chi connectivity index (χ2v) is 6.24. The Balaban J connectivity index is 2.04. The maximum absolute atomic E-state index is 13.4. The van der Waals surface area contributed by atoms with E-state index < -0.39 is 6.10 Å². The van der Waals surface area contributed by atoms with Gasteiger partial charge in [0.15, 0.2) is 0 Å². The first-order valence-corrected chi connectivity index (χ1v) is 8.50. The number of aromatic nitrogens is 1. The lowest BCUT2D eigenvalue weighted by Crippen LogP contribution is -3.12. The van der Waals surface area contributed by atoms with Gasteiger partial charge in [-0.15, -0.1) is 0 Å². The predicted octanol–water partition coefficient (Wildman–Crippen LogP) is 0.714. The second kappa shape index (κ2) is 10.3. The molecule has 0 saturated carbocycles. The van der Waals surface area contributed by atoms with Crippen molar-refractivity contribution < 1.29 is 23.9 Å². The third kappa shape index (κ3) is 6.59. The zero-order valence-corrected chi connectivity index (χ0v) is 15.0. The molecule has 0 bridgehead atoms. The maximum atomic E-state index is 13.4. The molecule has 0 radical (unpaired) electrons. The molecule has 1 unspecified atom stereocenters. The van der Waals surface area contributed by atoms with Crippen LogP contribution < -0.4 is 4.90 Å². The number of hydrogen-bond donors (Lipinski definition) is 2. The Hall–Kier alpha value is -1.73. The summed E-state index contributed by atoms with van der Waals surface area (Å²) >= 11 is 0. The Kier molecular flexibility index (Phi) is 8.08. The van der Waals surface area contributed by atoms with Gasteiger partial charge < -0.3 is 24.0 Å². The number of benzene rings is 1. The van der Waals surface area contributed by atoms with Crippen LogP contribution in [0, 0.1) is 5.82 Å². The molecule has 1 aromatic heterocycles. The third-order valence-electron chi connectivity index (χ3n) is 4.14. The Bertz CT molecular complexity index is 633. The fraction of sp³-hybridized carbons (Fsp3) is 0.474. The molecule has 1 aromatic carbocycles. The highest BCUT2D eigenvalue weighted by Crippen LogP contribution is 2.09. The normalized spacial score (nSPS) is 13.8. The lowest BCUT2D eigenvalue weighted by molar-refractivity contribution is -0.917. The van der Waals surface area contributed by atoms with Crippen LogP contribution in [0.3, 0.4) is 0 Å². The second-order valence-electron chi connectivity index (χ2n) is 6.24. The average Bonchev–Trinajstić information content (AvgIpc) is 2.99. The van der Waals surface area contributed by atoms with Gasteiger partial charge in [0.05, 0.1) is 18.9 Å². The Morgan fingerprint density at radius 1 is 1.20 bits per heavy atom. The molecule has 0 spiro atoms. The topological polar surface area (TPSA) is 48.1 Å². The van der Waals surface area contributed by atoms with Gasteiger partial charge in [-0.1, -0.05) is 12.1 Å². The standard InChI is InChI=1S/C19H27FN2O3/c1-24-10-9-21(14-19(23)15-25-2)13-18-7-4-8-22(18)12-16-5-3-6-17(20)11-16/h3-8,11,19,23H,9-10,12-15H2,1-2H3/p+1/t19-/m0/s1. The van der Waals surface area contributed by atoms with Gasteiger partial charge in [0.1, 0.15) is 31.6 Å². The van der Waals surface area contributed by atoms with E-state index in [-0.39, 0.29) is 5.82 Å². The van der Waals surface area contributed by atoms with E-state index in [1.807, 2.05) is 18.3 Å². The molecule has 0 aliphatic heterocycles. The van der Waals surface area contributed by atoms with Crippen molar-refractivity contribution in [2.75, 3.05) is 40.5 Å². The molecule has 2 aromatic rings. The molecular formula is C19H28FN2O3+. The number of hydrogen-bond acceptors (Lipinski definition) is 3. The number of quaternary nitrogens is 1. The Labute approximate surface area is 148 Å². The molecule has 2 rings (SSSR count). The van der Waals surface area contributed by atoms with Crippen LogP contribution in [0.1, 0.15) is 11.3 Å². The summed E-state index contributed by atoms with van der Waals surface area (Å²) in [7, 11) is 3.26. The number of methoxy groups -OCH3 is 2. The summed E-state index contributed by atoms with van der Waals surface area (Å²) in [6, 6.07) is 10.7. The lowest BCUT2D eigenvalue weighted by Gasteiger charge is -2.22. The Morgan fingerprint density at radius 2 is 2.04 bits per heavy atom. The molecule has 25 heavy (non-hydrogen) atoms. The number of halogens is 1. The van der Waals surface area contributed by atoms with Gasteiger partial charge in [0, 0.05) is 27.0 Å². The van der Waals surface area contributed by atoms with E-state index in [9.17, 15) is 9.50 Å². The van der Waals surface area contributed by atoms with E-state index in [0.29, 0.717) is 26.3 Å². The summed E-state index contributed by atoms with van der Waals surface area (Å²) in [5.74, 6) is -0.221. The summed E-state index contributed by atoms with van der Waals surface area (Å²) in [5.41, 5.74) is 2.07. The van der Waals surface area contributed by atoms with Crippen molar-refractivity contribution in [2.45, 2.75) is 19.2 Å². The van der Waals surface area contributed by atoms with E-state index >= 15 is 0 Å². The number of nitrogens with zero attached hydrogens (tertiary/aromatic N) is 1. The van der Waals surface area contributed by atoms with Crippen molar-refractivity contribution in [2.24, 2.45) is 0 Å². The van der Waals surface area contributed by atoms with Crippen LogP contribution >= 0.6 is 0 Å². The molecule has 1 heterocycles. The van der Waals surface area contributed by atoms with E-state index in [0.717, 1.165) is 24.3 Å². The van der Waals surface area contributed by atoms with E-state index in [2.05, 4.69) is 10.6 Å². The van der Waals surface area contributed by atoms with E-state index in [4.69, 9.17) is 9.47 Å². The number of aliphatic hydroxyl groups is 1. The molecule has 0 aliphatic carbocycles. The van der Waals surface area contributed by atoms with Crippen LogP contribution in [0.25, 0.3) is 0 Å². The summed E-state index contributed by atoms with van der Waals surface area (Å²) in [6.07, 6.45) is 1.49. The molecule has 6 heteroatoms. The maximum Gasteiger partial charge on any atom is 0.126 e. The molecule has 0 aliphatic rings. The van der Waals surface area contributed by atoms with Crippen LogP contribution in [-0.4, -0.2) is 56.3 Å². The minimum Gasteiger partial charge on any atom is -0.385 e. The predicted molar refractivity (Wildman–Crippen MR) is 94.1 cm³/mol. The fourth-order valence-electron chi connectivity index (χ4n) is 2.95. The smallest absolute Gasteiger partial charge is 0.126 e. The number of nitrogens with one attached hydrogen (secondary N) is 1. The van der Waals surface area contributed by atoms with Gasteiger partial charge in [-0.3, -0.25) is 0 Å². The van der Waals surface area contributed by atoms with Crippen LogP contribution in [0.2, 0.25) is 0 Å². The van der Waals surface area contributed by atoms with Crippen LogP contribution in [0.15, 0.2) is 42.6 Å². The number of rotatable bonds is 11. The largest absolute Gasteiger partial charge is 0.385 e. The van der Waals surface area contributed by atoms with E-state index in [1.54, 1.807) is 26.4 Å². The van der Waals surface area contributed by atoms with Crippen LogP contribution in [0.4, 0.5) is 4.39 Å².